The van der Waals surface area contributed by atoms with Gasteiger partial charge in [-0.05, 0) is 12.5 Å². The van der Waals surface area contributed by atoms with Gasteiger partial charge in [-0.25, -0.2) is 13.1 Å². The van der Waals surface area contributed by atoms with Crippen molar-refractivity contribution in [3.05, 3.63) is 40.8 Å². The maximum absolute atomic E-state index is 12.6. The van der Waals surface area contributed by atoms with Crippen molar-refractivity contribution in [3.63, 3.8) is 0 Å². The van der Waals surface area contributed by atoms with Gasteiger partial charge in [-0.3, -0.25) is 14.5 Å². The lowest BCUT2D eigenvalue weighted by Gasteiger charge is -2.37. The summed E-state index contributed by atoms with van der Waals surface area (Å²) in [6.07, 6.45) is 2.27. The molecule has 144 valence electrons. The van der Waals surface area contributed by atoms with E-state index in [9.17, 15) is 18.0 Å². The lowest BCUT2D eigenvalue weighted by Crippen LogP contribution is -2.53. The van der Waals surface area contributed by atoms with E-state index in [1.54, 1.807) is 23.2 Å². The van der Waals surface area contributed by atoms with Crippen LogP contribution in [-0.2, 0) is 21.2 Å². The van der Waals surface area contributed by atoms with Crippen molar-refractivity contribution in [1.82, 2.24) is 19.6 Å². The van der Waals surface area contributed by atoms with E-state index in [1.165, 1.54) is 4.68 Å². The van der Waals surface area contributed by atoms with E-state index >= 15 is 0 Å². The second kappa shape index (κ2) is 7.05. The van der Waals surface area contributed by atoms with Gasteiger partial charge in [-0.15, -0.1) is 0 Å². The molecular weight excluding hydrogens is 368 g/mol. The number of hydrogen-bond donors (Lipinski definition) is 0. The summed E-state index contributed by atoms with van der Waals surface area (Å²) in [5.41, 5.74) is -0.267. The molecule has 2 saturated heterocycles. The monoisotopic (exact) mass is 390 g/mol. The van der Waals surface area contributed by atoms with Crippen LogP contribution in [0.5, 0.6) is 0 Å². The van der Waals surface area contributed by atoms with Gasteiger partial charge in [-0.1, -0.05) is 18.2 Å². The summed E-state index contributed by atoms with van der Waals surface area (Å²) in [6.45, 7) is 2.31. The van der Waals surface area contributed by atoms with E-state index in [2.05, 4.69) is 10.00 Å². The zero-order valence-corrected chi connectivity index (χ0v) is 15.8. The summed E-state index contributed by atoms with van der Waals surface area (Å²) in [5.74, 6) is 0.337. The van der Waals surface area contributed by atoms with E-state index in [1.807, 2.05) is 12.1 Å². The highest BCUT2D eigenvalue weighted by molar-refractivity contribution is 7.91. The smallest absolute Gasteiger partial charge is 0.275 e. The molecule has 2 aromatic rings. The van der Waals surface area contributed by atoms with Crippen molar-refractivity contribution in [1.29, 1.82) is 0 Å². The molecule has 1 amide bonds. The van der Waals surface area contributed by atoms with Crippen molar-refractivity contribution in [2.24, 2.45) is 0 Å². The Hall–Kier alpha value is -2.26. The molecule has 1 unspecified atom stereocenters. The van der Waals surface area contributed by atoms with Crippen LogP contribution in [0, 0.1) is 0 Å². The lowest BCUT2D eigenvalue weighted by molar-refractivity contribution is -0.134. The standard InChI is InChI=1S/C18H22N4O4S/c23-17(12-22-18(24)16-4-2-1-3-14(16)11-19-22)21-8-6-20(7-9-21)15-5-10-27(25,26)13-15/h1-4,11,15H,5-10,12-13H2. The molecule has 1 aromatic heterocycles. The molecular formula is C18H22N4O4S. The van der Waals surface area contributed by atoms with Crippen LogP contribution in [0.4, 0.5) is 0 Å². The Morgan fingerprint density at radius 1 is 1.15 bits per heavy atom. The fourth-order valence-electron chi connectivity index (χ4n) is 3.87. The zero-order chi connectivity index (χ0) is 19.0. The minimum absolute atomic E-state index is 0.0667. The number of carbonyl (C=O) groups is 1. The van der Waals surface area contributed by atoms with E-state index in [0.717, 1.165) is 5.39 Å². The fourth-order valence-corrected chi connectivity index (χ4v) is 5.63. The first-order valence-electron chi connectivity index (χ1n) is 9.10. The van der Waals surface area contributed by atoms with Crippen LogP contribution in [0.25, 0.3) is 10.8 Å². The highest BCUT2D eigenvalue weighted by atomic mass is 32.2. The molecule has 27 heavy (non-hydrogen) atoms. The molecule has 0 saturated carbocycles. The van der Waals surface area contributed by atoms with Crippen molar-refractivity contribution in [2.75, 3.05) is 37.7 Å². The number of aromatic nitrogens is 2. The Morgan fingerprint density at radius 3 is 2.59 bits per heavy atom. The second-order valence-corrected chi connectivity index (χ2v) is 9.40. The van der Waals surface area contributed by atoms with Crippen LogP contribution in [0.3, 0.4) is 0 Å². The van der Waals surface area contributed by atoms with Crippen molar-refractivity contribution in [2.45, 2.75) is 19.0 Å². The van der Waals surface area contributed by atoms with Gasteiger partial charge in [-0.2, -0.15) is 5.10 Å². The fraction of sp³-hybridized carbons (Fsp3) is 0.500. The second-order valence-electron chi connectivity index (χ2n) is 7.17. The van der Waals surface area contributed by atoms with Gasteiger partial charge in [0.25, 0.3) is 5.56 Å². The van der Waals surface area contributed by atoms with E-state index in [0.29, 0.717) is 38.0 Å². The normalized spacial score (nSPS) is 23.0. The van der Waals surface area contributed by atoms with Crippen molar-refractivity contribution >= 4 is 26.5 Å². The maximum atomic E-state index is 12.6. The number of piperazine rings is 1. The summed E-state index contributed by atoms with van der Waals surface area (Å²) >= 11 is 0. The largest absolute Gasteiger partial charge is 0.339 e. The third kappa shape index (κ3) is 3.74. The van der Waals surface area contributed by atoms with Gasteiger partial charge < -0.3 is 4.90 Å². The summed E-state index contributed by atoms with van der Waals surface area (Å²) < 4.78 is 24.5. The summed E-state index contributed by atoms with van der Waals surface area (Å²) in [4.78, 5) is 29.0. The molecule has 1 atom stereocenters. The van der Waals surface area contributed by atoms with Crippen LogP contribution in [0.1, 0.15) is 6.42 Å². The number of hydrogen-bond acceptors (Lipinski definition) is 6. The number of amides is 1. The maximum Gasteiger partial charge on any atom is 0.275 e. The third-order valence-corrected chi connectivity index (χ3v) is 7.19. The van der Waals surface area contributed by atoms with Gasteiger partial charge >= 0.3 is 0 Å². The molecule has 8 nitrogen and oxygen atoms in total. The number of sulfone groups is 1. The van der Waals surface area contributed by atoms with Gasteiger partial charge in [0.15, 0.2) is 9.84 Å². The van der Waals surface area contributed by atoms with Gasteiger partial charge in [0.1, 0.15) is 6.54 Å². The molecule has 0 aliphatic carbocycles. The number of benzene rings is 1. The Labute approximate surface area is 157 Å². The van der Waals surface area contributed by atoms with Crippen LogP contribution >= 0.6 is 0 Å². The Balaban J connectivity index is 1.39. The average Bonchev–Trinajstić information content (AvgIpc) is 3.04. The first-order valence-corrected chi connectivity index (χ1v) is 10.9. The van der Waals surface area contributed by atoms with E-state index in [4.69, 9.17) is 0 Å². The molecule has 9 heteroatoms. The SMILES string of the molecule is O=C(Cn1ncc2ccccc2c1=O)N1CCN(C2CCS(=O)(=O)C2)CC1. The van der Waals surface area contributed by atoms with Gasteiger partial charge in [0.2, 0.25) is 5.91 Å². The minimum Gasteiger partial charge on any atom is -0.339 e. The molecule has 0 radical (unpaired) electrons. The summed E-state index contributed by atoms with van der Waals surface area (Å²) in [5, 5.41) is 5.42. The Morgan fingerprint density at radius 2 is 1.89 bits per heavy atom. The Kier molecular flexibility index (Phi) is 4.73. The van der Waals surface area contributed by atoms with E-state index < -0.39 is 9.84 Å². The Bertz CT molecular complexity index is 1030. The predicted octanol–water partition coefficient (Wildman–Crippen LogP) is -0.272. The zero-order valence-electron chi connectivity index (χ0n) is 15.0. The van der Waals surface area contributed by atoms with Crippen LogP contribution in [0.2, 0.25) is 0 Å². The number of carbonyl (C=O) groups excluding carboxylic acids is 1. The highest BCUT2D eigenvalue weighted by Gasteiger charge is 2.34. The number of nitrogens with zero attached hydrogens (tertiary/aromatic N) is 4. The van der Waals surface area contributed by atoms with Crippen molar-refractivity contribution in [3.8, 4) is 0 Å². The molecule has 3 heterocycles. The highest BCUT2D eigenvalue weighted by Crippen LogP contribution is 2.19. The van der Waals surface area contributed by atoms with E-state index in [-0.39, 0.29) is 35.6 Å². The predicted molar refractivity (Wildman–Crippen MR) is 101 cm³/mol. The molecule has 0 bridgehead atoms. The number of rotatable bonds is 3. The minimum atomic E-state index is -2.91. The first kappa shape index (κ1) is 18.1. The van der Waals surface area contributed by atoms with Crippen molar-refractivity contribution < 1.29 is 13.2 Å². The summed E-state index contributed by atoms with van der Waals surface area (Å²) in [6, 6.07) is 7.25. The third-order valence-electron chi connectivity index (χ3n) is 5.44. The number of fused-ring (bicyclic) bond motifs is 1. The average molecular weight is 390 g/mol. The van der Waals surface area contributed by atoms with Crippen LogP contribution in [-0.4, -0.2) is 77.6 Å². The molecule has 0 N–H and O–H groups in total. The van der Waals surface area contributed by atoms with Gasteiger partial charge in [0.05, 0.1) is 23.1 Å². The van der Waals surface area contributed by atoms with Crippen LogP contribution < -0.4 is 5.56 Å². The first-order chi connectivity index (χ1) is 12.9. The lowest BCUT2D eigenvalue weighted by atomic mass is 10.2. The molecule has 2 fully saturated rings. The molecule has 2 aliphatic heterocycles. The van der Waals surface area contributed by atoms with Crippen LogP contribution in [0.15, 0.2) is 35.3 Å². The topological polar surface area (TPSA) is 92.6 Å². The molecule has 4 rings (SSSR count). The quantitative estimate of drug-likeness (QED) is 0.716. The molecule has 2 aliphatic rings. The molecule has 1 aromatic carbocycles. The van der Waals surface area contributed by atoms with Gasteiger partial charge in [0, 0.05) is 37.6 Å². The molecule has 0 spiro atoms. The summed E-state index contributed by atoms with van der Waals surface area (Å²) in [7, 11) is -2.91.